The van der Waals surface area contributed by atoms with Crippen LogP contribution >= 0.6 is 0 Å². The third-order valence-corrected chi connectivity index (χ3v) is 2.70. The minimum atomic E-state index is -0.0459. The van der Waals surface area contributed by atoms with E-state index in [0.29, 0.717) is 0 Å². The van der Waals surface area contributed by atoms with E-state index < -0.39 is 0 Å². The van der Waals surface area contributed by atoms with Crippen LogP contribution in [0.15, 0.2) is 35.7 Å². The Labute approximate surface area is 97.9 Å². The van der Waals surface area contributed by atoms with Gasteiger partial charge in [-0.25, -0.2) is 4.68 Å². The fourth-order valence-corrected chi connectivity index (χ4v) is 1.90. The Morgan fingerprint density at radius 1 is 1.35 bits per heavy atom. The number of nitrogens with zero attached hydrogens (tertiary/aromatic N) is 5. The zero-order chi connectivity index (χ0) is 11.7. The van der Waals surface area contributed by atoms with Crippen LogP contribution in [0.5, 0.6) is 0 Å². The van der Waals surface area contributed by atoms with Crippen molar-refractivity contribution in [2.45, 2.75) is 19.4 Å². The molecule has 86 valence electrons. The molecule has 0 aliphatic carbocycles. The molecule has 0 N–H and O–H groups in total. The zero-order valence-corrected chi connectivity index (χ0v) is 9.32. The fraction of sp³-hybridized carbons (Fsp3) is 0.273. The Balaban J connectivity index is 2.00. The largest absolute Gasteiger partial charge is 0.387 e. The summed E-state index contributed by atoms with van der Waals surface area (Å²) in [5, 5.41) is 15.2. The van der Waals surface area contributed by atoms with Gasteiger partial charge in [-0.2, -0.15) is 0 Å². The predicted octanol–water partition coefficient (Wildman–Crippen LogP) is 1.50. The predicted molar refractivity (Wildman–Crippen MR) is 60.7 cm³/mol. The molecule has 0 radical (unpaired) electrons. The fourth-order valence-electron chi connectivity index (χ4n) is 1.90. The van der Waals surface area contributed by atoms with Gasteiger partial charge in [-0.05, 0) is 23.4 Å². The molecule has 0 saturated carbocycles. The molecular formula is C11H11N5O. The second kappa shape index (κ2) is 3.97. The van der Waals surface area contributed by atoms with Crippen LogP contribution in [0.4, 0.5) is 0 Å². The van der Waals surface area contributed by atoms with Crippen molar-refractivity contribution in [2.75, 3.05) is 0 Å². The number of aromatic nitrogens is 4. The van der Waals surface area contributed by atoms with E-state index in [9.17, 15) is 0 Å². The van der Waals surface area contributed by atoms with Gasteiger partial charge in [0.15, 0.2) is 6.10 Å². The molecule has 0 fully saturated rings. The first-order valence-electron chi connectivity index (χ1n) is 5.36. The molecule has 0 amide bonds. The van der Waals surface area contributed by atoms with Crippen molar-refractivity contribution < 1.29 is 4.84 Å². The maximum absolute atomic E-state index is 5.40. The highest BCUT2D eigenvalue weighted by molar-refractivity contribution is 5.83. The third kappa shape index (κ3) is 1.77. The second-order valence-electron chi connectivity index (χ2n) is 3.94. The van der Waals surface area contributed by atoms with E-state index in [1.165, 1.54) is 0 Å². The summed E-state index contributed by atoms with van der Waals surface area (Å²) in [6.45, 7) is 1.96. The smallest absolute Gasteiger partial charge is 0.159 e. The molecule has 1 aromatic heterocycles. The number of tetrazole rings is 1. The van der Waals surface area contributed by atoms with Crippen molar-refractivity contribution in [1.82, 2.24) is 20.2 Å². The lowest BCUT2D eigenvalue weighted by molar-refractivity contribution is 0.0856. The van der Waals surface area contributed by atoms with Gasteiger partial charge in [0, 0.05) is 12.0 Å². The molecule has 17 heavy (non-hydrogen) atoms. The topological polar surface area (TPSA) is 65.2 Å². The summed E-state index contributed by atoms with van der Waals surface area (Å²) >= 11 is 0. The average molecular weight is 229 g/mol. The van der Waals surface area contributed by atoms with Gasteiger partial charge in [0.05, 0.1) is 11.4 Å². The Morgan fingerprint density at radius 2 is 2.24 bits per heavy atom. The zero-order valence-electron chi connectivity index (χ0n) is 9.32. The monoisotopic (exact) mass is 229 g/mol. The summed E-state index contributed by atoms with van der Waals surface area (Å²) in [5.41, 5.74) is 2.97. The van der Waals surface area contributed by atoms with Crippen molar-refractivity contribution >= 4 is 5.71 Å². The third-order valence-electron chi connectivity index (χ3n) is 2.70. The quantitative estimate of drug-likeness (QED) is 0.782. The van der Waals surface area contributed by atoms with Crippen LogP contribution in [-0.2, 0) is 4.84 Å². The Hall–Kier alpha value is -2.24. The molecule has 0 bridgehead atoms. The van der Waals surface area contributed by atoms with Gasteiger partial charge >= 0.3 is 0 Å². The normalized spacial score (nSPS) is 18.9. The van der Waals surface area contributed by atoms with Crippen LogP contribution in [0.1, 0.15) is 25.0 Å². The number of rotatable bonds is 2. The first-order chi connectivity index (χ1) is 8.34. The number of hydrogen-bond acceptors (Lipinski definition) is 5. The van der Waals surface area contributed by atoms with E-state index >= 15 is 0 Å². The summed E-state index contributed by atoms with van der Waals surface area (Å²) in [7, 11) is 0. The van der Waals surface area contributed by atoms with Crippen molar-refractivity contribution in [2.24, 2.45) is 5.16 Å². The van der Waals surface area contributed by atoms with Crippen LogP contribution in [0.25, 0.3) is 5.69 Å². The van der Waals surface area contributed by atoms with E-state index in [-0.39, 0.29) is 6.10 Å². The molecule has 1 aliphatic rings. The molecule has 0 saturated heterocycles. The minimum absolute atomic E-state index is 0.0459. The van der Waals surface area contributed by atoms with Gasteiger partial charge in [0.1, 0.15) is 6.33 Å². The SMILES string of the molecule is CC1=NO[C@@H](c2ccccc2-n2cnnn2)C1. The summed E-state index contributed by atoms with van der Waals surface area (Å²) in [6, 6.07) is 7.89. The maximum Gasteiger partial charge on any atom is 0.159 e. The first kappa shape index (κ1) is 9.95. The highest BCUT2D eigenvalue weighted by Gasteiger charge is 2.23. The van der Waals surface area contributed by atoms with Crippen LogP contribution < -0.4 is 0 Å². The number of oxime groups is 1. The number of hydrogen-bond donors (Lipinski definition) is 0. The molecule has 6 nitrogen and oxygen atoms in total. The van der Waals surface area contributed by atoms with Crippen molar-refractivity contribution in [3.63, 3.8) is 0 Å². The molecule has 2 aromatic rings. The second-order valence-corrected chi connectivity index (χ2v) is 3.94. The molecule has 1 aromatic carbocycles. The first-order valence-corrected chi connectivity index (χ1v) is 5.36. The van der Waals surface area contributed by atoms with Gasteiger partial charge < -0.3 is 4.84 Å². The van der Waals surface area contributed by atoms with Crippen LogP contribution in [0.3, 0.4) is 0 Å². The molecule has 0 spiro atoms. The molecule has 3 rings (SSSR count). The van der Waals surface area contributed by atoms with Crippen molar-refractivity contribution in [1.29, 1.82) is 0 Å². The van der Waals surface area contributed by atoms with E-state index in [1.54, 1.807) is 11.0 Å². The Morgan fingerprint density at radius 3 is 2.94 bits per heavy atom. The van der Waals surface area contributed by atoms with E-state index in [1.807, 2.05) is 31.2 Å². The lowest BCUT2D eigenvalue weighted by Gasteiger charge is -2.12. The van der Waals surface area contributed by atoms with Gasteiger partial charge in [-0.3, -0.25) is 0 Å². The van der Waals surface area contributed by atoms with Gasteiger partial charge in [0.2, 0.25) is 0 Å². The molecule has 6 heteroatoms. The lowest BCUT2D eigenvalue weighted by atomic mass is 10.0. The van der Waals surface area contributed by atoms with Crippen LogP contribution in [0, 0.1) is 0 Å². The molecule has 2 heterocycles. The highest BCUT2D eigenvalue weighted by atomic mass is 16.6. The molecule has 1 aliphatic heterocycles. The summed E-state index contributed by atoms with van der Waals surface area (Å²) in [4.78, 5) is 5.40. The van der Waals surface area contributed by atoms with Gasteiger partial charge in [-0.1, -0.05) is 23.4 Å². The number of para-hydroxylation sites is 1. The highest BCUT2D eigenvalue weighted by Crippen LogP contribution is 2.30. The van der Waals surface area contributed by atoms with Gasteiger partial charge in [0.25, 0.3) is 0 Å². The lowest BCUT2D eigenvalue weighted by Crippen LogP contribution is -2.05. The summed E-state index contributed by atoms with van der Waals surface area (Å²) < 4.78 is 1.63. The van der Waals surface area contributed by atoms with Gasteiger partial charge in [-0.15, -0.1) is 5.10 Å². The average Bonchev–Trinajstić information content (AvgIpc) is 3.00. The maximum atomic E-state index is 5.40. The van der Waals surface area contributed by atoms with E-state index in [2.05, 4.69) is 20.7 Å². The minimum Gasteiger partial charge on any atom is -0.387 e. The molecular weight excluding hydrogens is 218 g/mol. The molecule has 0 unspecified atom stereocenters. The van der Waals surface area contributed by atoms with E-state index in [0.717, 1.165) is 23.4 Å². The molecule has 1 atom stereocenters. The Bertz CT molecular complexity index is 549. The number of benzene rings is 1. The standard InChI is InChI=1S/C11H11N5O/c1-8-6-11(17-13-8)9-4-2-3-5-10(9)16-7-12-14-15-16/h2-5,7,11H,6H2,1H3/t11-/m1/s1. The van der Waals surface area contributed by atoms with E-state index in [4.69, 9.17) is 4.84 Å². The Kier molecular flexibility index (Phi) is 2.32. The summed E-state index contributed by atoms with van der Waals surface area (Å²) in [6.07, 6.45) is 2.33. The van der Waals surface area contributed by atoms with Crippen LogP contribution in [0.2, 0.25) is 0 Å². The van der Waals surface area contributed by atoms with Crippen LogP contribution in [-0.4, -0.2) is 25.9 Å². The summed E-state index contributed by atoms with van der Waals surface area (Å²) in [5.74, 6) is 0. The van der Waals surface area contributed by atoms with Crippen molar-refractivity contribution in [3.8, 4) is 5.69 Å². The van der Waals surface area contributed by atoms with Crippen molar-refractivity contribution in [3.05, 3.63) is 36.2 Å².